The summed E-state index contributed by atoms with van der Waals surface area (Å²) in [6.07, 6.45) is 0. The summed E-state index contributed by atoms with van der Waals surface area (Å²) < 4.78 is 27.5. The number of nitrogens with one attached hydrogen (secondary N) is 1. The Morgan fingerprint density at radius 3 is 2.69 bits per heavy atom. The Labute approximate surface area is 79.3 Å². The molecule has 0 saturated heterocycles. The number of ether oxygens (including phenoxy) is 1. The van der Waals surface area contributed by atoms with Crippen LogP contribution in [0.3, 0.4) is 0 Å². The van der Waals surface area contributed by atoms with Gasteiger partial charge in [-0.25, -0.2) is 4.72 Å². The van der Waals surface area contributed by atoms with Crippen LogP contribution in [0, 0.1) is 0 Å². The lowest BCUT2D eigenvalue weighted by Crippen LogP contribution is -2.22. The van der Waals surface area contributed by atoms with Gasteiger partial charge in [0, 0.05) is 17.8 Å². The van der Waals surface area contributed by atoms with E-state index >= 15 is 0 Å². The lowest BCUT2D eigenvalue weighted by Gasteiger charge is -2.08. The summed E-state index contributed by atoms with van der Waals surface area (Å²) in [5, 5.41) is 0. The standard InChI is InChI=1S/C8H11NO3S/c10-13(11)9-6-7-12-8-4-2-1-3-5-8/h1-5,9H,6-7H2,(H,10,11)/p-1. The van der Waals surface area contributed by atoms with Crippen molar-refractivity contribution in [2.45, 2.75) is 0 Å². The zero-order valence-electron chi connectivity index (χ0n) is 6.93. The van der Waals surface area contributed by atoms with E-state index in [0.29, 0.717) is 6.61 Å². The normalized spacial score (nSPS) is 12.4. The summed E-state index contributed by atoms with van der Waals surface area (Å²) in [5.74, 6) is 0.737. The van der Waals surface area contributed by atoms with Crippen molar-refractivity contribution in [2.75, 3.05) is 13.2 Å². The van der Waals surface area contributed by atoms with E-state index in [0.717, 1.165) is 5.75 Å². The highest BCUT2D eigenvalue weighted by atomic mass is 32.2. The van der Waals surface area contributed by atoms with Crippen LogP contribution in [0.2, 0.25) is 0 Å². The van der Waals surface area contributed by atoms with Crippen molar-refractivity contribution < 1.29 is 13.5 Å². The predicted molar refractivity (Wildman–Crippen MR) is 48.9 cm³/mol. The third-order valence-corrected chi connectivity index (χ3v) is 1.77. The van der Waals surface area contributed by atoms with Crippen LogP contribution in [-0.2, 0) is 11.3 Å². The molecule has 13 heavy (non-hydrogen) atoms. The van der Waals surface area contributed by atoms with E-state index in [1.54, 1.807) is 0 Å². The number of rotatable bonds is 5. The first-order chi connectivity index (χ1) is 6.29. The van der Waals surface area contributed by atoms with E-state index in [1.807, 2.05) is 30.3 Å². The van der Waals surface area contributed by atoms with Crippen LogP contribution in [-0.4, -0.2) is 21.9 Å². The van der Waals surface area contributed by atoms with E-state index in [-0.39, 0.29) is 6.54 Å². The van der Waals surface area contributed by atoms with Crippen molar-refractivity contribution in [1.29, 1.82) is 0 Å². The van der Waals surface area contributed by atoms with Gasteiger partial charge in [0.1, 0.15) is 12.4 Å². The Bertz CT molecular complexity index is 265. The summed E-state index contributed by atoms with van der Waals surface area (Å²) in [5.41, 5.74) is 0. The van der Waals surface area contributed by atoms with Crippen molar-refractivity contribution in [3.63, 3.8) is 0 Å². The first kappa shape index (κ1) is 10.2. The van der Waals surface area contributed by atoms with Crippen molar-refractivity contribution in [2.24, 2.45) is 0 Å². The Morgan fingerprint density at radius 2 is 2.08 bits per heavy atom. The maximum Gasteiger partial charge on any atom is 0.119 e. The fraction of sp³-hybridized carbons (Fsp3) is 0.250. The molecule has 5 heteroatoms. The molecular weight excluding hydrogens is 190 g/mol. The molecule has 0 radical (unpaired) electrons. The summed E-state index contributed by atoms with van der Waals surface area (Å²) in [6, 6.07) is 9.23. The zero-order chi connectivity index (χ0) is 9.52. The average molecular weight is 200 g/mol. The molecule has 4 nitrogen and oxygen atoms in total. The average Bonchev–Trinajstić information content (AvgIpc) is 2.14. The van der Waals surface area contributed by atoms with Gasteiger partial charge in [0.05, 0.1) is 0 Å². The summed E-state index contributed by atoms with van der Waals surface area (Å²) >= 11 is -2.20. The Balaban J connectivity index is 2.17. The van der Waals surface area contributed by atoms with Gasteiger partial charge in [-0.05, 0) is 12.1 Å². The minimum atomic E-state index is -2.20. The van der Waals surface area contributed by atoms with E-state index in [2.05, 4.69) is 4.72 Å². The van der Waals surface area contributed by atoms with Gasteiger partial charge in [-0.2, -0.15) is 0 Å². The molecule has 1 atom stereocenters. The Kier molecular flexibility index (Phi) is 4.45. The van der Waals surface area contributed by atoms with Crippen LogP contribution < -0.4 is 9.46 Å². The lowest BCUT2D eigenvalue weighted by atomic mass is 10.3. The van der Waals surface area contributed by atoms with E-state index in [1.165, 1.54) is 0 Å². The molecule has 0 aliphatic heterocycles. The van der Waals surface area contributed by atoms with E-state index in [4.69, 9.17) is 4.74 Å². The molecule has 1 rings (SSSR count). The fourth-order valence-electron chi connectivity index (χ4n) is 0.811. The molecule has 1 N–H and O–H groups in total. The van der Waals surface area contributed by atoms with Gasteiger partial charge in [0.2, 0.25) is 0 Å². The lowest BCUT2D eigenvalue weighted by molar-refractivity contribution is 0.322. The van der Waals surface area contributed by atoms with E-state index < -0.39 is 11.3 Å². The Hall–Kier alpha value is -0.910. The molecule has 1 aromatic rings. The second kappa shape index (κ2) is 5.69. The molecule has 1 aromatic carbocycles. The van der Waals surface area contributed by atoms with Gasteiger partial charge >= 0.3 is 0 Å². The predicted octanol–water partition coefficient (Wildman–Crippen LogP) is 0.449. The highest BCUT2D eigenvalue weighted by Gasteiger charge is 1.90. The first-order valence-corrected chi connectivity index (χ1v) is 4.87. The van der Waals surface area contributed by atoms with Crippen LogP contribution in [0.5, 0.6) is 5.75 Å². The van der Waals surface area contributed by atoms with E-state index in [9.17, 15) is 8.76 Å². The smallest absolute Gasteiger partial charge is 0.119 e. The van der Waals surface area contributed by atoms with Crippen LogP contribution in [0.1, 0.15) is 0 Å². The maximum absolute atomic E-state index is 10.0. The zero-order valence-corrected chi connectivity index (χ0v) is 7.75. The summed E-state index contributed by atoms with van der Waals surface area (Å²) in [7, 11) is 0. The second-order valence-electron chi connectivity index (χ2n) is 2.29. The molecule has 0 fully saturated rings. The number of hydrogen-bond donors (Lipinski definition) is 1. The monoisotopic (exact) mass is 200 g/mol. The molecule has 0 spiro atoms. The largest absolute Gasteiger partial charge is 0.760 e. The summed E-state index contributed by atoms with van der Waals surface area (Å²) in [6.45, 7) is 0.614. The first-order valence-electron chi connectivity index (χ1n) is 3.79. The van der Waals surface area contributed by atoms with Crippen LogP contribution in [0.25, 0.3) is 0 Å². The molecule has 0 amide bonds. The van der Waals surface area contributed by atoms with Gasteiger partial charge < -0.3 is 9.29 Å². The van der Waals surface area contributed by atoms with Gasteiger partial charge in [0.15, 0.2) is 0 Å². The van der Waals surface area contributed by atoms with Crippen LogP contribution in [0.4, 0.5) is 0 Å². The topological polar surface area (TPSA) is 61.4 Å². The van der Waals surface area contributed by atoms with Crippen molar-refractivity contribution >= 4 is 11.3 Å². The molecule has 0 aliphatic rings. The van der Waals surface area contributed by atoms with Gasteiger partial charge in [-0.3, -0.25) is 4.21 Å². The second-order valence-corrected chi connectivity index (χ2v) is 3.05. The molecule has 1 unspecified atom stereocenters. The molecule has 0 heterocycles. The molecule has 0 bridgehead atoms. The van der Waals surface area contributed by atoms with Gasteiger partial charge in [0.25, 0.3) is 0 Å². The minimum absolute atomic E-state index is 0.283. The Morgan fingerprint density at radius 1 is 1.38 bits per heavy atom. The van der Waals surface area contributed by atoms with Crippen molar-refractivity contribution in [1.82, 2.24) is 4.72 Å². The third-order valence-electron chi connectivity index (χ3n) is 1.33. The highest BCUT2D eigenvalue weighted by Crippen LogP contribution is 2.07. The van der Waals surface area contributed by atoms with Crippen molar-refractivity contribution in [3.05, 3.63) is 30.3 Å². The van der Waals surface area contributed by atoms with Crippen molar-refractivity contribution in [3.8, 4) is 5.75 Å². The highest BCUT2D eigenvalue weighted by molar-refractivity contribution is 7.77. The third kappa shape index (κ3) is 4.62. The fourth-order valence-corrected chi connectivity index (χ4v) is 1.06. The van der Waals surface area contributed by atoms with Gasteiger partial charge in [-0.1, -0.05) is 18.2 Å². The number of benzene rings is 1. The quantitative estimate of drug-likeness (QED) is 0.554. The number of para-hydroxylation sites is 1. The molecule has 0 saturated carbocycles. The van der Waals surface area contributed by atoms with Crippen LogP contribution >= 0.6 is 0 Å². The molecular formula is C8H10NO3S-. The molecule has 0 aliphatic carbocycles. The molecule has 0 aromatic heterocycles. The summed E-state index contributed by atoms with van der Waals surface area (Å²) in [4.78, 5) is 0. The molecule has 72 valence electrons. The number of hydrogen-bond acceptors (Lipinski definition) is 3. The SMILES string of the molecule is O=S([O-])NCCOc1ccccc1. The maximum atomic E-state index is 10.0. The minimum Gasteiger partial charge on any atom is -0.760 e. The van der Waals surface area contributed by atoms with Crippen LogP contribution in [0.15, 0.2) is 30.3 Å². The van der Waals surface area contributed by atoms with Gasteiger partial charge in [-0.15, -0.1) is 0 Å².